The molecule has 0 aliphatic heterocycles. The van der Waals surface area contributed by atoms with Crippen LogP contribution in [0.15, 0.2) is 78.5 Å². The molecule has 2 N–H and O–H groups in total. The zero-order chi connectivity index (χ0) is 15.1. The summed E-state index contributed by atoms with van der Waals surface area (Å²) in [4.78, 5) is 0. The second-order valence-corrected chi connectivity index (χ2v) is 5.49. The van der Waals surface area contributed by atoms with E-state index in [2.05, 4.69) is 68.5 Å². The molecule has 2 rings (SSSR count). The molecule has 108 valence electrons. The van der Waals surface area contributed by atoms with Crippen LogP contribution in [0.5, 0.6) is 0 Å². The lowest BCUT2D eigenvalue weighted by Crippen LogP contribution is -1.94. The molecule has 0 spiro atoms. The van der Waals surface area contributed by atoms with Crippen molar-refractivity contribution in [3.63, 3.8) is 0 Å². The quantitative estimate of drug-likeness (QED) is 0.769. The van der Waals surface area contributed by atoms with E-state index in [1.807, 2.05) is 12.1 Å². The van der Waals surface area contributed by atoms with E-state index in [1.54, 1.807) is 6.20 Å². The predicted octanol–water partition coefficient (Wildman–Crippen LogP) is 4.95. The summed E-state index contributed by atoms with van der Waals surface area (Å²) in [7, 11) is 0. The van der Waals surface area contributed by atoms with Gasteiger partial charge in [-0.1, -0.05) is 74.5 Å². The third kappa shape index (κ3) is 4.35. The molecule has 0 unspecified atom stereocenters. The van der Waals surface area contributed by atoms with Crippen molar-refractivity contribution >= 4 is 0 Å². The molecule has 0 saturated carbocycles. The lowest BCUT2D eigenvalue weighted by molar-refractivity contribution is 0.786. The molecule has 1 heteroatoms. The maximum absolute atomic E-state index is 5.51. The summed E-state index contributed by atoms with van der Waals surface area (Å²) >= 11 is 0. The third-order valence-electron chi connectivity index (χ3n) is 3.56. The molecule has 0 saturated heterocycles. The van der Waals surface area contributed by atoms with Gasteiger partial charge in [-0.15, -0.1) is 0 Å². The highest BCUT2D eigenvalue weighted by molar-refractivity contribution is 5.64. The highest BCUT2D eigenvalue weighted by Crippen LogP contribution is 2.21. The van der Waals surface area contributed by atoms with Gasteiger partial charge in [-0.05, 0) is 46.9 Å². The van der Waals surface area contributed by atoms with Gasteiger partial charge in [-0.25, -0.2) is 0 Å². The van der Waals surface area contributed by atoms with Gasteiger partial charge >= 0.3 is 0 Å². The topological polar surface area (TPSA) is 26.0 Å². The largest absolute Gasteiger partial charge is 0.405 e. The monoisotopic (exact) mass is 277 g/mol. The number of allylic oxidation sites excluding steroid dienone is 3. The second-order valence-electron chi connectivity index (χ2n) is 5.49. The SMILES string of the molecule is CC(C)C(/C=C\N)=C/Cc1cccc(-c2ccccc2)c1. The van der Waals surface area contributed by atoms with Gasteiger partial charge in [0.15, 0.2) is 0 Å². The lowest BCUT2D eigenvalue weighted by atomic mass is 9.98. The van der Waals surface area contributed by atoms with Crippen molar-refractivity contribution in [1.29, 1.82) is 0 Å². The standard InChI is InChI=1S/C20H23N/c1-16(2)18(13-14-21)12-11-17-7-6-10-20(15-17)19-8-4-3-5-9-19/h3-10,12-16H,11,21H2,1-2H3/b14-13-,18-12+. The summed E-state index contributed by atoms with van der Waals surface area (Å²) in [5.41, 5.74) is 10.6. The normalized spacial score (nSPS) is 12.2. The molecule has 0 amide bonds. The molecule has 1 nitrogen and oxygen atoms in total. The fraction of sp³-hybridized carbons (Fsp3) is 0.200. The van der Waals surface area contributed by atoms with E-state index in [9.17, 15) is 0 Å². The first-order chi connectivity index (χ1) is 10.2. The smallest absolute Gasteiger partial charge is 0.00596 e. The fourth-order valence-corrected chi connectivity index (χ4v) is 2.35. The summed E-state index contributed by atoms with van der Waals surface area (Å²) in [6.07, 6.45) is 6.80. The minimum absolute atomic E-state index is 0.488. The summed E-state index contributed by atoms with van der Waals surface area (Å²) < 4.78 is 0. The van der Waals surface area contributed by atoms with Gasteiger partial charge < -0.3 is 5.73 Å². The van der Waals surface area contributed by atoms with Crippen LogP contribution in [0.3, 0.4) is 0 Å². The van der Waals surface area contributed by atoms with Gasteiger partial charge in [0.25, 0.3) is 0 Å². The number of benzene rings is 2. The predicted molar refractivity (Wildman–Crippen MR) is 91.8 cm³/mol. The van der Waals surface area contributed by atoms with Gasteiger partial charge in [0, 0.05) is 0 Å². The van der Waals surface area contributed by atoms with E-state index in [0.29, 0.717) is 5.92 Å². The zero-order valence-electron chi connectivity index (χ0n) is 12.8. The highest BCUT2D eigenvalue weighted by atomic mass is 14.5. The van der Waals surface area contributed by atoms with E-state index < -0.39 is 0 Å². The van der Waals surface area contributed by atoms with Crippen molar-refractivity contribution in [2.24, 2.45) is 11.7 Å². The van der Waals surface area contributed by atoms with Crippen molar-refractivity contribution in [2.45, 2.75) is 20.3 Å². The van der Waals surface area contributed by atoms with E-state index in [-0.39, 0.29) is 0 Å². The molecular formula is C20H23N. The van der Waals surface area contributed by atoms with Crippen molar-refractivity contribution in [3.05, 3.63) is 84.1 Å². The summed E-state index contributed by atoms with van der Waals surface area (Å²) in [5, 5.41) is 0. The van der Waals surface area contributed by atoms with Crippen molar-refractivity contribution < 1.29 is 0 Å². The van der Waals surface area contributed by atoms with Crippen LogP contribution in [0.25, 0.3) is 11.1 Å². The summed E-state index contributed by atoms with van der Waals surface area (Å²) in [6, 6.07) is 19.2. The molecule has 0 aromatic heterocycles. The Morgan fingerprint density at radius 3 is 2.38 bits per heavy atom. The number of hydrogen-bond acceptors (Lipinski definition) is 1. The lowest BCUT2D eigenvalue weighted by Gasteiger charge is -2.08. The number of hydrogen-bond donors (Lipinski definition) is 1. The van der Waals surface area contributed by atoms with Crippen LogP contribution in [0.2, 0.25) is 0 Å². The maximum atomic E-state index is 5.51. The molecule has 2 aromatic rings. The van der Waals surface area contributed by atoms with Crippen LogP contribution in [-0.2, 0) is 6.42 Å². The Morgan fingerprint density at radius 1 is 1.00 bits per heavy atom. The molecule has 21 heavy (non-hydrogen) atoms. The van der Waals surface area contributed by atoms with E-state index in [1.165, 1.54) is 22.3 Å². The van der Waals surface area contributed by atoms with Gasteiger partial charge in [0.1, 0.15) is 0 Å². The Kier molecular flexibility index (Phi) is 5.39. The molecule has 0 atom stereocenters. The highest BCUT2D eigenvalue weighted by Gasteiger charge is 2.01. The van der Waals surface area contributed by atoms with Gasteiger partial charge in [0.05, 0.1) is 0 Å². The van der Waals surface area contributed by atoms with Crippen LogP contribution in [0, 0.1) is 5.92 Å². The average Bonchev–Trinajstić information content (AvgIpc) is 2.52. The average molecular weight is 277 g/mol. The Hall–Kier alpha value is -2.28. The van der Waals surface area contributed by atoms with Crippen LogP contribution >= 0.6 is 0 Å². The van der Waals surface area contributed by atoms with Crippen LogP contribution in [0.4, 0.5) is 0 Å². The van der Waals surface area contributed by atoms with Crippen LogP contribution in [-0.4, -0.2) is 0 Å². The van der Waals surface area contributed by atoms with Gasteiger partial charge in [0.2, 0.25) is 0 Å². The molecule has 0 aliphatic rings. The van der Waals surface area contributed by atoms with Gasteiger partial charge in [-0.3, -0.25) is 0 Å². The Labute approximate surface area is 127 Å². The minimum Gasteiger partial charge on any atom is -0.405 e. The van der Waals surface area contributed by atoms with E-state index in [0.717, 1.165) is 6.42 Å². The Bertz CT molecular complexity index is 621. The number of rotatable bonds is 5. The van der Waals surface area contributed by atoms with Crippen molar-refractivity contribution in [1.82, 2.24) is 0 Å². The summed E-state index contributed by atoms with van der Waals surface area (Å²) in [6.45, 7) is 4.37. The molecule has 0 radical (unpaired) electrons. The minimum atomic E-state index is 0.488. The molecule has 0 aliphatic carbocycles. The molecule has 0 fully saturated rings. The van der Waals surface area contributed by atoms with Crippen molar-refractivity contribution in [2.75, 3.05) is 0 Å². The second kappa shape index (κ2) is 7.49. The first-order valence-corrected chi connectivity index (χ1v) is 7.43. The van der Waals surface area contributed by atoms with Crippen molar-refractivity contribution in [3.8, 4) is 11.1 Å². The van der Waals surface area contributed by atoms with E-state index in [4.69, 9.17) is 5.73 Å². The van der Waals surface area contributed by atoms with Crippen LogP contribution in [0.1, 0.15) is 19.4 Å². The first kappa shape index (κ1) is 15.1. The molecule has 0 heterocycles. The van der Waals surface area contributed by atoms with E-state index >= 15 is 0 Å². The Balaban J connectivity index is 2.20. The zero-order valence-corrected chi connectivity index (χ0v) is 12.8. The van der Waals surface area contributed by atoms with Crippen LogP contribution < -0.4 is 5.73 Å². The van der Waals surface area contributed by atoms with Gasteiger partial charge in [-0.2, -0.15) is 0 Å². The third-order valence-corrected chi connectivity index (χ3v) is 3.56. The first-order valence-electron chi connectivity index (χ1n) is 7.43. The molecule has 2 aromatic carbocycles. The Morgan fingerprint density at radius 2 is 1.71 bits per heavy atom. The summed E-state index contributed by atoms with van der Waals surface area (Å²) in [5.74, 6) is 0.488. The molecule has 0 bridgehead atoms. The number of nitrogens with two attached hydrogens (primary N) is 1. The fourth-order valence-electron chi connectivity index (χ4n) is 2.35. The molecular weight excluding hydrogens is 254 g/mol. The maximum Gasteiger partial charge on any atom is -0.00596 e.